The minimum Gasteiger partial charge on any atom is -0.493 e. The second-order valence-electron chi connectivity index (χ2n) is 9.87. The van der Waals surface area contributed by atoms with Crippen LogP contribution in [0.15, 0.2) is 23.8 Å². The number of carbonyl (C=O) groups excluding carboxylic acids is 2. The molecule has 0 radical (unpaired) electrons. The van der Waals surface area contributed by atoms with Crippen molar-refractivity contribution < 1.29 is 39.1 Å². The summed E-state index contributed by atoms with van der Waals surface area (Å²) in [5.74, 6) is 0.147. The van der Waals surface area contributed by atoms with Gasteiger partial charge in [-0.1, -0.05) is 25.7 Å². The van der Waals surface area contributed by atoms with Crippen molar-refractivity contribution in [1.29, 1.82) is 0 Å². The van der Waals surface area contributed by atoms with Gasteiger partial charge in [0.25, 0.3) is 0 Å². The van der Waals surface area contributed by atoms with Crippen LogP contribution in [0, 0.1) is 3.57 Å². The molecule has 2 amide bonds. The summed E-state index contributed by atoms with van der Waals surface area (Å²) >= 11 is 2.08. The first-order valence-corrected chi connectivity index (χ1v) is 14.7. The lowest BCUT2D eigenvalue weighted by Gasteiger charge is -2.44. The van der Waals surface area contributed by atoms with Gasteiger partial charge in [-0.3, -0.25) is 9.59 Å². The van der Waals surface area contributed by atoms with Gasteiger partial charge >= 0.3 is 0 Å². The molecule has 0 saturated heterocycles. The molecule has 0 heterocycles. The molecule has 11 heteroatoms. The van der Waals surface area contributed by atoms with Crippen molar-refractivity contribution in [2.24, 2.45) is 0 Å². The van der Waals surface area contributed by atoms with Crippen LogP contribution in [0.2, 0.25) is 0 Å². The number of ether oxygens (including phenoxy) is 3. The Labute approximate surface area is 243 Å². The van der Waals surface area contributed by atoms with Gasteiger partial charge < -0.3 is 39.7 Å². The SMILES string of the molecule is CCOCC(=O)N(C1CCCCCC1)C1CC(C(=O)NCCO)=CC(Oc2c(I)cc(CO)cc2OC)C1O. The predicted octanol–water partition coefficient (Wildman–Crippen LogP) is 2.30. The maximum absolute atomic E-state index is 13.5. The molecule has 39 heavy (non-hydrogen) atoms. The first-order valence-electron chi connectivity index (χ1n) is 13.6. The minimum atomic E-state index is -1.13. The Morgan fingerprint density at radius 1 is 1.15 bits per heavy atom. The van der Waals surface area contributed by atoms with E-state index < -0.39 is 18.2 Å². The van der Waals surface area contributed by atoms with Crippen LogP contribution in [0.3, 0.4) is 0 Å². The van der Waals surface area contributed by atoms with Crippen molar-refractivity contribution in [2.75, 3.05) is 33.5 Å². The fraction of sp³-hybridized carbons (Fsp3) is 0.643. The van der Waals surface area contributed by atoms with Crippen molar-refractivity contribution in [2.45, 2.75) is 82.8 Å². The van der Waals surface area contributed by atoms with Gasteiger partial charge in [-0.15, -0.1) is 0 Å². The Balaban J connectivity index is 2.02. The zero-order chi connectivity index (χ0) is 28.4. The summed E-state index contributed by atoms with van der Waals surface area (Å²) in [7, 11) is 1.49. The van der Waals surface area contributed by atoms with Crippen LogP contribution in [0.4, 0.5) is 0 Å². The van der Waals surface area contributed by atoms with Gasteiger partial charge in [-0.25, -0.2) is 0 Å². The number of aliphatic hydroxyl groups is 3. The molecule has 0 aromatic heterocycles. The fourth-order valence-electron chi connectivity index (χ4n) is 5.32. The van der Waals surface area contributed by atoms with Gasteiger partial charge in [0.15, 0.2) is 11.5 Å². The highest BCUT2D eigenvalue weighted by Gasteiger charge is 2.43. The molecule has 3 rings (SSSR count). The van der Waals surface area contributed by atoms with Gasteiger partial charge in [-0.05, 0) is 66.1 Å². The number of rotatable bonds is 12. The lowest BCUT2D eigenvalue weighted by molar-refractivity contribution is -0.147. The number of hydrogen-bond donors (Lipinski definition) is 4. The molecule has 3 unspecified atom stereocenters. The van der Waals surface area contributed by atoms with E-state index in [2.05, 4.69) is 27.9 Å². The first kappa shape index (κ1) is 31.6. The number of amides is 2. The normalized spacial score (nSPS) is 22.0. The van der Waals surface area contributed by atoms with E-state index in [1.165, 1.54) is 7.11 Å². The summed E-state index contributed by atoms with van der Waals surface area (Å²) in [6.07, 6.45) is 5.43. The maximum atomic E-state index is 13.5. The van der Waals surface area contributed by atoms with Crippen LogP contribution in [0.1, 0.15) is 57.4 Å². The standard InChI is InChI=1S/C28H41IN2O8/c1-3-38-17-25(34)31(20-8-6-4-5-7-9-20)22-14-19(28(36)30-10-11-32)15-23(26(22)35)39-27-21(29)12-18(16-33)13-24(27)37-2/h12-13,15,20,22-23,26,32-33,35H,3-11,14,16-17H2,1-2H3,(H,30,36). The molecule has 3 atom stereocenters. The van der Waals surface area contributed by atoms with E-state index in [1.807, 2.05) is 6.92 Å². The molecule has 10 nitrogen and oxygen atoms in total. The van der Waals surface area contributed by atoms with E-state index in [1.54, 1.807) is 23.1 Å². The van der Waals surface area contributed by atoms with Crippen LogP contribution in [0.5, 0.6) is 11.5 Å². The van der Waals surface area contributed by atoms with E-state index in [0.717, 1.165) is 38.5 Å². The molecule has 1 aromatic rings. The number of halogens is 1. The lowest BCUT2D eigenvalue weighted by Crippen LogP contribution is -2.58. The Kier molecular flexibility index (Phi) is 12.8. The van der Waals surface area contributed by atoms with E-state index >= 15 is 0 Å². The Morgan fingerprint density at radius 3 is 2.49 bits per heavy atom. The van der Waals surface area contributed by atoms with Crippen LogP contribution >= 0.6 is 22.6 Å². The third-order valence-corrected chi connectivity index (χ3v) is 8.03. The summed E-state index contributed by atoms with van der Waals surface area (Å²) in [4.78, 5) is 28.4. The molecular weight excluding hydrogens is 619 g/mol. The molecule has 2 aliphatic rings. The molecule has 0 bridgehead atoms. The minimum absolute atomic E-state index is 0.0822. The summed E-state index contributed by atoms with van der Waals surface area (Å²) in [6, 6.07) is 2.62. The summed E-state index contributed by atoms with van der Waals surface area (Å²) in [5.41, 5.74) is 1.01. The maximum Gasteiger partial charge on any atom is 0.249 e. The third-order valence-electron chi connectivity index (χ3n) is 7.23. The second-order valence-corrected chi connectivity index (χ2v) is 11.0. The van der Waals surface area contributed by atoms with E-state index in [4.69, 9.17) is 14.2 Å². The number of hydrogen-bond acceptors (Lipinski definition) is 8. The second kappa shape index (κ2) is 15.8. The average molecular weight is 661 g/mol. The van der Waals surface area contributed by atoms with Crippen LogP contribution in [0.25, 0.3) is 0 Å². The lowest BCUT2D eigenvalue weighted by atomic mass is 9.86. The first-order chi connectivity index (χ1) is 18.8. The number of methoxy groups -OCH3 is 1. The van der Waals surface area contributed by atoms with Gasteiger partial charge in [0.2, 0.25) is 11.8 Å². The Bertz CT molecular complexity index is 996. The molecule has 4 N–H and O–H groups in total. The van der Waals surface area contributed by atoms with Crippen LogP contribution in [-0.4, -0.2) is 89.8 Å². The molecule has 1 aromatic carbocycles. The fourth-order valence-corrected chi connectivity index (χ4v) is 6.12. The molecule has 218 valence electrons. The Morgan fingerprint density at radius 2 is 1.87 bits per heavy atom. The average Bonchev–Trinajstić information content (AvgIpc) is 3.22. The van der Waals surface area contributed by atoms with Crippen molar-refractivity contribution in [3.63, 3.8) is 0 Å². The number of aliphatic hydroxyl groups excluding tert-OH is 3. The smallest absolute Gasteiger partial charge is 0.249 e. The number of carbonyl (C=O) groups is 2. The molecule has 1 saturated carbocycles. The summed E-state index contributed by atoms with van der Waals surface area (Å²) in [5, 5.41) is 33.2. The van der Waals surface area contributed by atoms with E-state index in [9.17, 15) is 24.9 Å². The van der Waals surface area contributed by atoms with E-state index in [0.29, 0.717) is 32.8 Å². The van der Waals surface area contributed by atoms with Gasteiger partial charge in [0, 0.05) is 31.2 Å². The van der Waals surface area contributed by atoms with Gasteiger partial charge in [0.1, 0.15) is 18.8 Å². The van der Waals surface area contributed by atoms with Crippen molar-refractivity contribution in [3.05, 3.63) is 32.9 Å². The molecular formula is C28H41IN2O8. The number of nitrogens with one attached hydrogen (secondary N) is 1. The highest BCUT2D eigenvalue weighted by Crippen LogP contribution is 2.38. The summed E-state index contributed by atoms with van der Waals surface area (Å²) in [6.45, 7) is 1.81. The third kappa shape index (κ3) is 8.29. The largest absolute Gasteiger partial charge is 0.493 e. The molecule has 1 fully saturated rings. The van der Waals surface area contributed by atoms with Crippen molar-refractivity contribution in [1.82, 2.24) is 10.2 Å². The van der Waals surface area contributed by atoms with Crippen LogP contribution < -0.4 is 14.8 Å². The molecule has 0 aliphatic heterocycles. The number of benzene rings is 1. The van der Waals surface area contributed by atoms with E-state index in [-0.39, 0.29) is 50.6 Å². The zero-order valence-electron chi connectivity index (χ0n) is 22.7. The predicted molar refractivity (Wildman–Crippen MR) is 153 cm³/mol. The summed E-state index contributed by atoms with van der Waals surface area (Å²) < 4.78 is 18.0. The number of nitrogens with zero attached hydrogens (tertiary/aromatic N) is 1. The topological polar surface area (TPSA) is 138 Å². The van der Waals surface area contributed by atoms with Gasteiger partial charge in [0.05, 0.1) is 29.9 Å². The van der Waals surface area contributed by atoms with Crippen molar-refractivity contribution in [3.8, 4) is 11.5 Å². The monoisotopic (exact) mass is 660 g/mol. The van der Waals surface area contributed by atoms with Gasteiger partial charge in [-0.2, -0.15) is 0 Å². The quantitative estimate of drug-likeness (QED) is 0.198. The van der Waals surface area contributed by atoms with Crippen LogP contribution in [-0.2, 0) is 20.9 Å². The highest BCUT2D eigenvalue weighted by atomic mass is 127. The molecule has 2 aliphatic carbocycles. The van der Waals surface area contributed by atoms with Crippen molar-refractivity contribution >= 4 is 34.4 Å². The molecule has 0 spiro atoms. The Hall–Kier alpha value is -1.93. The highest BCUT2D eigenvalue weighted by molar-refractivity contribution is 14.1. The zero-order valence-corrected chi connectivity index (χ0v) is 24.9.